The first kappa shape index (κ1) is 9.45. The molecule has 1 heterocycles. The van der Waals surface area contributed by atoms with E-state index in [1.807, 2.05) is 0 Å². The van der Waals surface area contributed by atoms with E-state index in [2.05, 4.69) is 21.8 Å². The first-order valence-electron chi connectivity index (χ1n) is 4.44. The second-order valence-corrected chi connectivity index (χ2v) is 3.55. The highest BCUT2D eigenvalue weighted by molar-refractivity contribution is 7.09. The third kappa shape index (κ3) is 3.67. The van der Waals surface area contributed by atoms with Crippen molar-refractivity contribution in [2.24, 2.45) is 0 Å². The van der Waals surface area contributed by atoms with Gasteiger partial charge in [-0.05, 0) is 6.42 Å². The third-order valence-corrected chi connectivity index (χ3v) is 2.31. The number of aromatic nitrogens is 2. The summed E-state index contributed by atoms with van der Waals surface area (Å²) in [5.74, 6) is 0. The van der Waals surface area contributed by atoms with E-state index in [1.54, 1.807) is 6.20 Å². The summed E-state index contributed by atoms with van der Waals surface area (Å²) in [5.41, 5.74) is 0. The lowest BCUT2D eigenvalue weighted by molar-refractivity contribution is 0.685. The number of hydrogen-bond donors (Lipinski definition) is 1. The molecule has 0 amide bonds. The number of nitrogens with zero attached hydrogens (tertiary/aromatic N) is 2. The zero-order valence-electron chi connectivity index (χ0n) is 7.42. The number of rotatable bonds is 6. The molecule has 1 aromatic heterocycles. The fraction of sp³-hybridized carbons (Fsp3) is 0.750. The van der Waals surface area contributed by atoms with Crippen LogP contribution in [0.1, 0.15) is 32.6 Å². The molecule has 0 spiro atoms. The molecule has 0 bridgehead atoms. The first-order valence-corrected chi connectivity index (χ1v) is 5.22. The average molecular weight is 185 g/mol. The van der Waals surface area contributed by atoms with Gasteiger partial charge in [0.15, 0.2) is 0 Å². The molecule has 0 saturated carbocycles. The summed E-state index contributed by atoms with van der Waals surface area (Å²) in [5, 5.41) is 8.10. The molecule has 0 unspecified atom stereocenters. The van der Waals surface area contributed by atoms with Gasteiger partial charge in [0, 0.05) is 18.1 Å². The number of anilines is 1. The van der Waals surface area contributed by atoms with Gasteiger partial charge in [-0.1, -0.05) is 30.7 Å². The third-order valence-electron chi connectivity index (χ3n) is 1.69. The van der Waals surface area contributed by atoms with Crippen molar-refractivity contribution in [1.82, 2.24) is 9.59 Å². The van der Waals surface area contributed by atoms with Crippen LogP contribution in [-0.4, -0.2) is 16.1 Å². The maximum Gasteiger partial charge on any atom is 0.130 e. The van der Waals surface area contributed by atoms with Crippen LogP contribution in [0.4, 0.5) is 5.00 Å². The molecule has 3 nitrogen and oxygen atoms in total. The maximum absolute atomic E-state index is 3.77. The average Bonchev–Trinajstić information content (AvgIpc) is 2.57. The summed E-state index contributed by atoms with van der Waals surface area (Å²) < 4.78 is 3.77. The second kappa shape index (κ2) is 5.94. The van der Waals surface area contributed by atoms with E-state index in [9.17, 15) is 0 Å². The van der Waals surface area contributed by atoms with Gasteiger partial charge < -0.3 is 5.32 Å². The maximum atomic E-state index is 3.77. The summed E-state index contributed by atoms with van der Waals surface area (Å²) in [7, 11) is 0. The zero-order chi connectivity index (χ0) is 8.65. The molecule has 0 aromatic carbocycles. The molecule has 0 saturated heterocycles. The molecular formula is C8H15N3S. The van der Waals surface area contributed by atoms with Crippen molar-refractivity contribution in [3.8, 4) is 0 Å². The van der Waals surface area contributed by atoms with Crippen LogP contribution in [0.5, 0.6) is 0 Å². The summed E-state index contributed by atoms with van der Waals surface area (Å²) >= 11 is 1.41. The first-order chi connectivity index (χ1) is 5.93. The molecule has 1 N–H and O–H groups in total. The largest absolute Gasteiger partial charge is 0.374 e. The Labute approximate surface area is 77.4 Å². The SMILES string of the molecule is CCCCCCNc1cnns1. The quantitative estimate of drug-likeness (QED) is 0.692. The molecule has 0 aliphatic heterocycles. The van der Waals surface area contributed by atoms with Crippen LogP contribution < -0.4 is 5.32 Å². The van der Waals surface area contributed by atoms with E-state index < -0.39 is 0 Å². The summed E-state index contributed by atoms with van der Waals surface area (Å²) in [4.78, 5) is 0. The lowest BCUT2D eigenvalue weighted by atomic mass is 10.2. The highest BCUT2D eigenvalue weighted by Gasteiger charge is 1.92. The molecular weight excluding hydrogens is 170 g/mol. The Morgan fingerprint density at radius 1 is 1.42 bits per heavy atom. The van der Waals surface area contributed by atoms with Gasteiger partial charge in [-0.15, -0.1) is 5.10 Å². The lowest BCUT2D eigenvalue weighted by Crippen LogP contribution is -1.99. The summed E-state index contributed by atoms with van der Waals surface area (Å²) in [6, 6.07) is 0. The van der Waals surface area contributed by atoms with Crippen LogP contribution >= 0.6 is 11.5 Å². The molecule has 1 aromatic rings. The van der Waals surface area contributed by atoms with Crippen LogP contribution in [-0.2, 0) is 0 Å². The lowest BCUT2D eigenvalue weighted by Gasteiger charge is -2.00. The van der Waals surface area contributed by atoms with E-state index in [-0.39, 0.29) is 0 Å². The van der Waals surface area contributed by atoms with Crippen molar-refractivity contribution in [3.63, 3.8) is 0 Å². The number of hydrogen-bond acceptors (Lipinski definition) is 4. The van der Waals surface area contributed by atoms with Crippen molar-refractivity contribution in [1.29, 1.82) is 0 Å². The van der Waals surface area contributed by atoms with E-state index in [0.29, 0.717) is 0 Å². The monoisotopic (exact) mass is 185 g/mol. The van der Waals surface area contributed by atoms with Crippen molar-refractivity contribution in [3.05, 3.63) is 6.20 Å². The van der Waals surface area contributed by atoms with Crippen molar-refractivity contribution in [2.45, 2.75) is 32.6 Å². The molecule has 68 valence electrons. The predicted octanol–water partition coefficient (Wildman–Crippen LogP) is 2.53. The van der Waals surface area contributed by atoms with Crippen molar-refractivity contribution >= 4 is 16.5 Å². The van der Waals surface area contributed by atoms with Crippen LogP contribution in [0.15, 0.2) is 6.20 Å². The normalized spacial score (nSPS) is 10.1. The molecule has 0 radical (unpaired) electrons. The van der Waals surface area contributed by atoms with Crippen molar-refractivity contribution < 1.29 is 0 Å². The highest BCUT2D eigenvalue weighted by Crippen LogP contribution is 2.09. The minimum Gasteiger partial charge on any atom is -0.374 e. The molecule has 0 fully saturated rings. The molecule has 1 rings (SSSR count). The van der Waals surface area contributed by atoms with Gasteiger partial charge in [-0.25, -0.2) is 0 Å². The topological polar surface area (TPSA) is 37.8 Å². The zero-order valence-corrected chi connectivity index (χ0v) is 8.23. The fourth-order valence-electron chi connectivity index (χ4n) is 1.01. The summed E-state index contributed by atoms with van der Waals surface area (Å²) in [6.45, 7) is 3.27. The standard InChI is InChI=1S/C8H15N3S/c1-2-3-4-5-6-9-8-7-10-11-12-8/h7,9H,2-6H2,1H3. The van der Waals surface area contributed by atoms with Gasteiger partial charge in [-0.2, -0.15) is 0 Å². The molecule has 0 atom stereocenters. The van der Waals surface area contributed by atoms with Gasteiger partial charge in [0.1, 0.15) is 5.00 Å². The predicted molar refractivity (Wildman–Crippen MR) is 52.5 cm³/mol. The Morgan fingerprint density at radius 3 is 3.00 bits per heavy atom. The molecule has 0 aliphatic carbocycles. The van der Waals surface area contributed by atoms with E-state index >= 15 is 0 Å². The molecule has 0 aliphatic rings. The summed E-state index contributed by atoms with van der Waals surface area (Å²) in [6.07, 6.45) is 6.96. The van der Waals surface area contributed by atoms with Gasteiger partial charge in [0.2, 0.25) is 0 Å². The molecule has 12 heavy (non-hydrogen) atoms. The van der Waals surface area contributed by atoms with Crippen LogP contribution in [0.25, 0.3) is 0 Å². The van der Waals surface area contributed by atoms with Crippen molar-refractivity contribution in [2.75, 3.05) is 11.9 Å². The second-order valence-electron chi connectivity index (χ2n) is 2.77. The van der Waals surface area contributed by atoms with Gasteiger partial charge in [0.25, 0.3) is 0 Å². The Balaban J connectivity index is 1.96. The molecule has 4 heteroatoms. The number of unbranched alkanes of at least 4 members (excludes halogenated alkanes) is 3. The van der Waals surface area contributed by atoms with Gasteiger partial charge >= 0.3 is 0 Å². The smallest absolute Gasteiger partial charge is 0.130 e. The van der Waals surface area contributed by atoms with E-state index in [4.69, 9.17) is 0 Å². The Hall–Kier alpha value is -0.640. The van der Waals surface area contributed by atoms with E-state index in [0.717, 1.165) is 11.5 Å². The number of nitrogens with one attached hydrogen (secondary N) is 1. The van der Waals surface area contributed by atoms with Crippen LogP contribution in [0.3, 0.4) is 0 Å². The van der Waals surface area contributed by atoms with E-state index in [1.165, 1.54) is 37.2 Å². The minimum atomic E-state index is 1.05. The van der Waals surface area contributed by atoms with Gasteiger partial charge in [0.05, 0.1) is 6.20 Å². The Kier molecular flexibility index (Phi) is 4.68. The fourth-order valence-corrected chi connectivity index (χ4v) is 1.45. The Bertz CT molecular complexity index is 186. The van der Waals surface area contributed by atoms with Gasteiger partial charge in [-0.3, -0.25) is 0 Å². The van der Waals surface area contributed by atoms with Crippen LogP contribution in [0, 0.1) is 0 Å². The minimum absolute atomic E-state index is 1.05. The highest BCUT2D eigenvalue weighted by atomic mass is 32.1. The van der Waals surface area contributed by atoms with Crippen LogP contribution in [0.2, 0.25) is 0 Å². The Morgan fingerprint density at radius 2 is 2.33 bits per heavy atom.